The number of anilines is 1. The molecular formula is C24H30BrNO4. The van der Waals surface area contributed by atoms with Crippen molar-refractivity contribution in [3.8, 4) is 11.8 Å². The van der Waals surface area contributed by atoms with Crippen LogP contribution in [0.25, 0.3) is 10.8 Å². The molecule has 6 heteroatoms. The average molecular weight is 476 g/mol. The van der Waals surface area contributed by atoms with Crippen molar-refractivity contribution in [3.05, 3.63) is 40.9 Å². The third-order valence-electron chi connectivity index (χ3n) is 4.16. The molecule has 0 spiro atoms. The quantitative estimate of drug-likeness (QED) is 0.514. The fraction of sp³-hybridized carbons (Fsp3) is 0.458. The molecule has 5 nitrogen and oxygen atoms in total. The molecule has 0 radical (unpaired) electrons. The third-order valence-corrected chi connectivity index (χ3v) is 4.85. The van der Waals surface area contributed by atoms with Crippen LogP contribution in [0.4, 0.5) is 10.5 Å². The highest BCUT2D eigenvalue weighted by atomic mass is 79.9. The van der Waals surface area contributed by atoms with E-state index in [1.54, 1.807) is 0 Å². The number of nitrogens with one attached hydrogen (secondary N) is 1. The van der Waals surface area contributed by atoms with Crippen LogP contribution < -0.4 is 5.32 Å². The van der Waals surface area contributed by atoms with Gasteiger partial charge in [-0.05, 0) is 64.5 Å². The minimum atomic E-state index is -0.505. The summed E-state index contributed by atoms with van der Waals surface area (Å²) in [5.74, 6) is 5.62. The highest BCUT2D eigenvalue weighted by Gasteiger charge is 2.17. The van der Waals surface area contributed by atoms with Gasteiger partial charge in [0.1, 0.15) is 12.2 Å². The van der Waals surface area contributed by atoms with Gasteiger partial charge in [-0.1, -0.05) is 46.1 Å². The number of carbonyl (C=O) groups excluding carboxylic acids is 1. The Labute approximate surface area is 187 Å². The van der Waals surface area contributed by atoms with Crippen LogP contribution in [0.2, 0.25) is 0 Å². The largest absolute Gasteiger partial charge is 0.444 e. The normalized spacial score (nSPS) is 16.0. The standard InChI is InChI=1S/C15H16BrNO2.C9H14O2/c1-15(2,3)19-14(18)17-13-9-8-12(16)10-6-4-5-7-11(10)13;1-2-3-7-10-9-6-4-5-8-11-9/h4-9H,1-3H3,(H,17,18);9H,4-8H2,1H3. The lowest BCUT2D eigenvalue weighted by molar-refractivity contribution is -0.154. The SMILES string of the molecule is CC#CCOC1CCCCO1.CC(C)(C)OC(=O)Nc1ccc(Br)c2ccccc12. The topological polar surface area (TPSA) is 56.8 Å². The van der Waals surface area contributed by atoms with Crippen LogP contribution in [-0.2, 0) is 14.2 Å². The maximum Gasteiger partial charge on any atom is 0.412 e. The molecule has 162 valence electrons. The average Bonchev–Trinajstić information content (AvgIpc) is 2.71. The number of hydrogen-bond donors (Lipinski definition) is 1. The molecule has 1 amide bonds. The molecule has 1 saturated heterocycles. The summed E-state index contributed by atoms with van der Waals surface area (Å²) in [6.45, 7) is 8.67. The zero-order valence-corrected chi connectivity index (χ0v) is 19.7. The lowest BCUT2D eigenvalue weighted by Gasteiger charge is -2.21. The molecule has 1 N–H and O–H groups in total. The van der Waals surface area contributed by atoms with Gasteiger partial charge in [0.2, 0.25) is 0 Å². The molecule has 30 heavy (non-hydrogen) atoms. The Bertz CT molecular complexity index is 889. The monoisotopic (exact) mass is 475 g/mol. The van der Waals surface area contributed by atoms with E-state index < -0.39 is 11.7 Å². The van der Waals surface area contributed by atoms with E-state index >= 15 is 0 Å². The van der Waals surface area contributed by atoms with Crippen molar-refractivity contribution < 1.29 is 19.0 Å². The fourth-order valence-corrected chi connectivity index (χ4v) is 3.31. The summed E-state index contributed by atoms with van der Waals surface area (Å²) >= 11 is 3.50. The molecule has 1 heterocycles. The van der Waals surface area contributed by atoms with Gasteiger partial charge >= 0.3 is 6.09 Å². The van der Waals surface area contributed by atoms with E-state index in [0.29, 0.717) is 6.61 Å². The first-order valence-electron chi connectivity index (χ1n) is 10.1. The Hall–Kier alpha value is -2.07. The predicted molar refractivity (Wildman–Crippen MR) is 124 cm³/mol. The van der Waals surface area contributed by atoms with Gasteiger partial charge in [0.15, 0.2) is 6.29 Å². The first-order valence-corrected chi connectivity index (χ1v) is 10.9. The van der Waals surface area contributed by atoms with Crippen LogP contribution in [-0.4, -0.2) is 31.2 Å². The summed E-state index contributed by atoms with van der Waals surface area (Å²) in [6.07, 6.45) is 2.96. The summed E-state index contributed by atoms with van der Waals surface area (Å²) in [5, 5.41) is 4.81. The second-order valence-electron chi connectivity index (χ2n) is 7.80. The zero-order chi connectivity index (χ0) is 22.0. The Morgan fingerprint density at radius 2 is 1.93 bits per heavy atom. The zero-order valence-electron chi connectivity index (χ0n) is 18.1. The number of hydrogen-bond acceptors (Lipinski definition) is 4. The fourth-order valence-electron chi connectivity index (χ4n) is 2.83. The molecule has 0 aliphatic carbocycles. The van der Waals surface area contributed by atoms with Crippen LogP contribution >= 0.6 is 15.9 Å². The summed E-state index contributed by atoms with van der Waals surface area (Å²) in [5.41, 5.74) is 0.239. The van der Waals surface area contributed by atoms with Gasteiger partial charge < -0.3 is 14.2 Å². The summed E-state index contributed by atoms with van der Waals surface area (Å²) in [7, 11) is 0. The van der Waals surface area contributed by atoms with Crippen LogP contribution in [0.5, 0.6) is 0 Å². The summed E-state index contributed by atoms with van der Waals surface area (Å²) in [4.78, 5) is 11.8. The summed E-state index contributed by atoms with van der Waals surface area (Å²) < 4.78 is 16.9. The molecule has 0 bridgehead atoms. The number of halogens is 1. The molecule has 1 aliphatic rings. The minimum Gasteiger partial charge on any atom is -0.444 e. The molecule has 2 aromatic carbocycles. The van der Waals surface area contributed by atoms with Crippen molar-refractivity contribution in [3.63, 3.8) is 0 Å². The van der Waals surface area contributed by atoms with E-state index in [1.165, 1.54) is 12.8 Å². The predicted octanol–water partition coefficient (Wildman–Crippen LogP) is 6.50. The molecule has 1 atom stereocenters. The van der Waals surface area contributed by atoms with Crippen molar-refractivity contribution in [2.24, 2.45) is 0 Å². The molecule has 0 aromatic heterocycles. The second kappa shape index (κ2) is 11.9. The Morgan fingerprint density at radius 3 is 2.57 bits per heavy atom. The van der Waals surface area contributed by atoms with Crippen LogP contribution in [0.1, 0.15) is 47.0 Å². The molecule has 2 aromatic rings. The Balaban J connectivity index is 0.000000248. The van der Waals surface area contributed by atoms with Gasteiger partial charge in [0.05, 0.1) is 5.69 Å². The minimum absolute atomic E-state index is 0.00426. The van der Waals surface area contributed by atoms with Gasteiger partial charge in [0, 0.05) is 16.5 Å². The molecule has 1 unspecified atom stereocenters. The van der Waals surface area contributed by atoms with E-state index in [-0.39, 0.29) is 6.29 Å². The van der Waals surface area contributed by atoms with E-state index in [4.69, 9.17) is 14.2 Å². The van der Waals surface area contributed by atoms with Gasteiger partial charge in [-0.25, -0.2) is 4.79 Å². The number of ether oxygens (including phenoxy) is 3. The maximum atomic E-state index is 11.8. The molecule has 0 saturated carbocycles. The Kier molecular flexibility index (Phi) is 9.64. The van der Waals surface area contributed by atoms with Gasteiger partial charge in [-0.15, -0.1) is 5.92 Å². The lowest BCUT2D eigenvalue weighted by atomic mass is 10.1. The van der Waals surface area contributed by atoms with E-state index in [9.17, 15) is 4.79 Å². The van der Waals surface area contributed by atoms with Crippen LogP contribution in [0.3, 0.4) is 0 Å². The highest BCUT2D eigenvalue weighted by Crippen LogP contribution is 2.30. The first-order chi connectivity index (χ1) is 14.3. The smallest absolute Gasteiger partial charge is 0.412 e. The number of benzene rings is 2. The van der Waals surface area contributed by atoms with E-state index in [0.717, 1.165) is 34.0 Å². The van der Waals surface area contributed by atoms with Crippen LogP contribution in [0, 0.1) is 11.8 Å². The summed E-state index contributed by atoms with van der Waals surface area (Å²) in [6, 6.07) is 11.6. The molecule has 1 fully saturated rings. The number of carbonyl (C=O) groups is 1. The van der Waals surface area contributed by atoms with Gasteiger partial charge in [0.25, 0.3) is 0 Å². The van der Waals surface area contributed by atoms with Crippen molar-refractivity contribution in [2.75, 3.05) is 18.5 Å². The third kappa shape index (κ3) is 8.35. The van der Waals surface area contributed by atoms with Crippen molar-refractivity contribution >= 4 is 38.5 Å². The first kappa shape index (κ1) is 24.2. The van der Waals surface area contributed by atoms with Gasteiger partial charge in [-0.2, -0.15) is 0 Å². The number of fused-ring (bicyclic) bond motifs is 1. The van der Waals surface area contributed by atoms with Crippen molar-refractivity contribution in [1.82, 2.24) is 0 Å². The number of amides is 1. The molecule has 1 aliphatic heterocycles. The second-order valence-corrected chi connectivity index (χ2v) is 8.66. The van der Waals surface area contributed by atoms with Crippen molar-refractivity contribution in [2.45, 2.75) is 58.8 Å². The van der Waals surface area contributed by atoms with Gasteiger partial charge in [-0.3, -0.25) is 5.32 Å². The van der Waals surface area contributed by atoms with E-state index in [1.807, 2.05) is 64.1 Å². The van der Waals surface area contributed by atoms with Crippen LogP contribution in [0.15, 0.2) is 40.9 Å². The Morgan fingerprint density at radius 1 is 1.20 bits per heavy atom. The highest BCUT2D eigenvalue weighted by molar-refractivity contribution is 9.10. The number of rotatable bonds is 3. The maximum absolute atomic E-state index is 11.8. The lowest BCUT2D eigenvalue weighted by Crippen LogP contribution is -2.27. The van der Waals surface area contributed by atoms with E-state index in [2.05, 4.69) is 33.1 Å². The van der Waals surface area contributed by atoms with Crippen molar-refractivity contribution in [1.29, 1.82) is 0 Å². The molecular weight excluding hydrogens is 446 g/mol. The molecule has 3 rings (SSSR count).